The molecule has 32 heavy (non-hydrogen) atoms. The number of amides is 2. The molecule has 0 spiro atoms. The standard InChI is InChI=1S/C25H23N5O2/c1-16(2)30-23-19(15-27-30)13-20(14-26-23)24(31)28-21-9-7-18(8-10-21)25(32)29-12-11-17-5-3-4-6-22(17)29/h3-10,13-16H,11-12H2,1-2H3,(H,28,31). The van der Waals surface area contributed by atoms with Crippen LogP contribution in [-0.4, -0.2) is 33.1 Å². The Hall–Kier alpha value is -4.00. The molecular formula is C25H23N5O2. The normalized spacial score (nSPS) is 12.9. The maximum atomic E-state index is 13.0. The number of fused-ring (bicyclic) bond motifs is 2. The van der Waals surface area contributed by atoms with Gasteiger partial charge < -0.3 is 10.2 Å². The lowest BCUT2D eigenvalue weighted by atomic mass is 10.1. The molecule has 1 N–H and O–H groups in total. The molecule has 1 aliphatic rings. The van der Waals surface area contributed by atoms with Crippen LogP contribution in [0.2, 0.25) is 0 Å². The number of pyridine rings is 1. The molecule has 3 heterocycles. The molecule has 2 amide bonds. The van der Waals surface area contributed by atoms with Crippen LogP contribution in [0.4, 0.5) is 11.4 Å². The van der Waals surface area contributed by atoms with E-state index in [2.05, 4.69) is 21.5 Å². The average Bonchev–Trinajstić information content (AvgIpc) is 3.43. The first-order valence-corrected chi connectivity index (χ1v) is 10.7. The Labute approximate surface area is 185 Å². The van der Waals surface area contributed by atoms with Crippen LogP contribution in [-0.2, 0) is 6.42 Å². The van der Waals surface area contributed by atoms with Gasteiger partial charge in [0.05, 0.1) is 11.8 Å². The number of carbonyl (C=O) groups is 2. The van der Waals surface area contributed by atoms with E-state index in [-0.39, 0.29) is 17.9 Å². The third kappa shape index (κ3) is 3.51. The molecule has 0 bridgehead atoms. The lowest BCUT2D eigenvalue weighted by molar-refractivity contribution is 0.0988. The Bertz CT molecular complexity index is 1320. The summed E-state index contributed by atoms with van der Waals surface area (Å²) >= 11 is 0. The Morgan fingerprint density at radius 3 is 2.56 bits per heavy atom. The second-order valence-corrected chi connectivity index (χ2v) is 8.19. The molecule has 7 nitrogen and oxygen atoms in total. The molecule has 0 radical (unpaired) electrons. The number of carbonyl (C=O) groups excluding carboxylic acids is 2. The number of rotatable bonds is 4. The van der Waals surface area contributed by atoms with Crippen molar-refractivity contribution in [2.45, 2.75) is 26.3 Å². The van der Waals surface area contributed by atoms with Gasteiger partial charge in [-0.15, -0.1) is 0 Å². The van der Waals surface area contributed by atoms with E-state index in [0.717, 1.165) is 23.1 Å². The third-order valence-electron chi connectivity index (χ3n) is 5.71. The summed E-state index contributed by atoms with van der Waals surface area (Å²) in [4.78, 5) is 31.9. The highest BCUT2D eigenvalue weighted by molar-refractivity contribution is 6.08. The zero-order valence-corrected chi connectivity index (χ0v) is 17.9. The fourth-order valence-electron chi connectivity index (χ4n) is 4.05. The van der Waals surface area contributed by atoms with Crippen molar-refractivity contribution in [3.63, 3.8) is 0 Å². The smallest absolute Gasteiger partial charge is 0.258 e. The minimum absolute atomic E-state index is 0.0374. The Morgan fingerprint density at radius 1 is 1.00 bits per heavy atom. The second kappa shape index (κ2) is 7.92. The highest BCUT2D eigenvalue weighted by Crippen LogP contribution is 2.29. The van der Waals surface area contributed by atoms with E-state index >= 15 is 0 Å². The molecule has 2 aromatic carbocycles. The summed E-state index contributed by atoms with van der Waals surface area (Å²) in [7, 11) is 0. The molecule has 4 aromatic rings. The van der Waals surface area contributed by atoms with Gasteiger partial charge in [-0.05, 0) is 62.2 Å². The molecule has 0 atom stereocenters. The summed E-state index contributed by atoms with van der Waals surface area (Å²) in [5, 5.41) is 8.03. The Balaban J connectivity index is 1.30. The summed E-state index contributed by atoms with van der Waals surface area (Å²) in [6.45, 7) is 4.75. The number of aromatic nitrogens is 3. The van der Waals surface area contributed by atoms with Gasteiger partial charge in [0, 0.05) is 41.1 Å². The quantitative estimate of drug-likeness (QED) is 0.523. The van der Waals surface area contributed by atoms with Gasteiger partial charge in [-0.2, -0.15) is 5.10 Å². The Morgan fingerprint density at radius 2 is 1.78 bits per heavy atom. The SMILES string of the molecule is CC(C)n1ncc2cc(C(=O)Nc3ccc(C(=O)N4CCc5ccccc54)cc3)cnc21. The van der Waals surface area contributed by atoms with Gasteiger partial charge in [0.1, 0.15) is 0 Å². The van der Waals surface area contributed by atoms with E-state index in [1.165, 1.54) is 5.56 Å². The van der Waals surface area contributed by atoms with Gasteiger partial charge in [0.25, 0.3) is 11.8 Å². The van der Waals surface area contributed by atoms with Crippen molar-refractivity contribution >= 4 is 34.2 Å². The average molecular weight is 425 g/mol. The van der Waals surface area contributed by atoms with Crippen LogP contribution in [0, 0.1) is 0 Å². The zero-order valence-electron chi connectivity index (χ0n) is 17.9. The predicted octanol–water partition coefficient (Wildman–Crippen LogP) is 4.47. The number of hydrogen-bond acceptors (Lipinski definition) is 4. The van der Waals surface area contributed by atoms with Crippen LogP contribution >= 0.6 is 0 Å². The first-order chi connectivity index (χ1) is 15.5. The summed E-state index contributed by atoms with van der Waals surface area (Å²) in [5.41, 5.74) is 4.57. The van der Waals surface area contributed by atoms with Crippen molar-refractivity contribution in [3.8, 4) is 0 Å². The van der Waals surface area contributed by atoms with Gasteiger partial charge in [0.15, 0.2) is 5.65 Å². The van der Waals surface area contributed by atoms with Gasteiger partial charge >= 0.3 is 0 Å². The van der Waals surface area contributed by atoms with Crippen LogP contribution in [0.15, 0.2) is 67.0 Å². The van der Waals surface area contributed by atoms with Gasteiger partial charge in [0.2, 0.25) is 0 Å². The molecule has 1 aliphatic heterocycles. The number of para-hydroxylation sites is 1. The van der Waals surface area contributed by atoms with Crippen LogP contribution in [0.25, 0.3) is 11.0 Å². The van der Waals surface area contributed by atoms with Crippen molar-refractivity contribution in [2.24, 2.45) is 0 Å². The fourth-order valence-corrected chi connectivity index (χ4v) is 4.05. The van der Waals surface area contributed by atoms with E-state index in [0.29, 0.717) is 23.4 Å². The van der Waals surface area contributed by atoms with E-state index in [1.807, 2.05) is 36.7 Å². The van der Waals surface area contributed by atoms with Crippen molar-refractivity contribution < 1.29 is 9.59 Å². The highest BCUT2D eigenvalue weighted by Gasteiger charge is 2.25. The van der Waals surface area contributed by atoms with Gasteiger partial charge in [-0.1, -0.05) is 18.2 Å². The molecule has 0 fully saturated rings. The fraction of sp³-hybridized carbons (Fsp3) is 0.200. The second-order valence-electron chi connectivity index (χ2n) is 8.19. The topological polar surface area (TPSA) is 80.1 Å². The van der Waals surface area contributed by atoms with Crippen molar-refractivity contribution in [3.05, 3.63) is 83.7 Å². The number of benzene rings is 2. The molecule has 0 saturated heterocycles. The lowest BCUT2D eigenvalue weighted by Gasteiger charge is -2.17. The summed E-state index contributed by atoms with van der Waals surface area (Å²) < 4.78 is 1.82. The van der Waals surface area contributed by atoms with E-state index in [1.54, 1.807) is 47.6 Å². The molecule has 0 unspecified atom stereocenters. The Kier molecular flexibility index (Phi) is 4.93. The molecule has 0 saturated carbocycles. The monoisotopic (exact) mass is 425 g/mol. The highest BCUT2D eigenvalue weighted by atomic mass is 16.2. The lowest BCUT2D eigenvalue weighted by Crippen LogP contribution is -2.28. The van der Waals surface area contributed by atoms with E-state index < -0.39 is 0 Å². The van der Waals surface area contributed by atoms with Crippen LogP contribution in [0.5, 0.6) is 0 Å². The number of nitrogens with zero attached hydrogens (tertiary/aromatic N) is 4. The molecule has 7 heteroatoms. The summed E-state index contributed by atoms with van der Waals surface area (Å²) in [5.74, 6) is -0.297. The van der Waals surface area contributed by atoms with Crippen LogP contribution < -0.4 is 10.2 Å². The van der Waals surface area contributed by atoms with E-state index in [9.17, 15) is 9.59 Å². The first-order valence-electron chi connectivity index (χ1n) is 10.7. The van der Waals surface area contributed by atoms with Gasteiger partial charge in [-0.25, -0.2) is 9.67 Å². The van der Waals surface area contributed by atoms with Crippen molar-refractivity contribution in [1.82, 2.24) is 14.8 Å². The number of anilines is 2. The van der Waals surface area contributed by atoms with E-state index in [4.69, 9.17) is 0 Å². The largest absolute Gasteiger partial charge is 0.322 e. The molecular weight excluding hydrogens is 402 g/mol. The maximum Gasteiger partial charge on any atom is 0.258 e. The molecule has 0 aliphatic carbocycles. The van der Waals surface area contributed by atoms with Crippen LogP contribution in [0.1, 0.15) is 46.2 Å². The third-order valence-corrected chi connectivity index (χ3v) is 5.71. The maximum absolute atomic E-state index is 13.0. The summed E-state index contributed by atoms with van der Waals surface area (Å²) in [6.07, 6.45) is 4.14. The van der Waals surface area contributed by atoms with Crippen molar-refractivity contribution in [1.29, 1.82) is 0 Å². The molecule has 5 rings (SSSR count). The minimum Gasteiger partial charge on any atom is -0.322 e. The van der Waals surface area contributed by atoms with Crippen LogP contribution in [0.3, 0.4) is 0 Å². The molecule has 160 valence electrons. The van der Waals surface area contributed by atoms with Gasteiger partial charge in [-0.3, -0.25) is 9.59 Å². The van der Waals surface area contributed by atoms with Crippen molar-refractivity contribution in [2.75, 3.05) is 16.8 Å². The number of nitrogens with one attached hydrogen (secondary N) is 1. The predicted molar refractivity (Wildman–Crippen MR) is 124 cm³/mol. The summed E-state index contributed by atoms with van der Waals surface area (Å²) in [6, 6.07) is 16.9. The number of hydrogen-bond donors (Lipinski definition) is 1. The first kappa shape index (κ1) is 19.9. The zero-order chi connectivity index (χ0) is 22.2. The minimum atomic E-state index is -0.260. The molecule has 2 aromatic heterocycles.